The van der Waals surface area contributed by atoms with Gasteiger partial charge < -0.3 is 5.32 Å². The number of anilines is 2. The molecule has 0 saturated carbocycles. The Hall–Kier alpha value is -3.42. The zero-order valence-electron chi connectivity index (χ0n) is 14.2. The van der Waals surface area contributed by atoms with Crippen molar-refractivity contribution in [1.29, 1.82) is 0 Å². The van der Waals surface area contributed by atoms with E-state index >= 15 is 0 Å². The van der Waals surface area contributed by atoms with Gasteiger partial charge in [-0.15, -0.1) is 0 Å². The predicted octanol–water partition coefficient (Wildman–Crippen LogP) is 5.09. The zero-order valence-corrected chi connectivity index (χ0v) is 14.2. The van der Waals surface area contributed by atoms with E-state index in [1.807, 2.05) is 25.1 Å². The van der Waals surface area contributed by atoms with Crippen LogP contribution < -0.4 is 5.32 Å². The molecule has 5 nitrogen and oxygen atoms in total. The number of para-hydroxylation sites is 1. The fraction of sp³-hybridized carbons (Fsp3) is 0.105. The summed E-state index contributed by atoms with van der Waals surface area (Å²) < 4.78 is 39.1. The highest BCUT2D eigenvalue weighted by molar-refractivity contribution is 5.92. The van der Waals surface area contributed by atoms with E-state index in [0.29, 0.717) is 17.2 Å². The number of nitrogens with zero attached hydrogens (tertiary/aromatic N) is 3. The molecular weight excluding hydrogens is 355 g/mol. The quantitative estimate of drug-likeness (QED) is 0.528. The number of aromatic nitrogens is 4. The maximum atomic E-state index is 13.0. The van der Waals surface area contributed by atoms with Gasteiger partial charge in [0.2, 0.25) is 0 Å². The molecule has 0 radical (unpaired) electrons. The topological polar surface area (TPSA) is 66.5 Å². The summed E-state index contributed by atoms with van der Waals surface area (Å²) in [7, 11) is 0. The van der Waals surface area contributed by atoms with Gasteiger partial charge in [0, 0.05) is 22.7 Å². The Balaban J connectivity index is 1.85. The summed E-state index contributed by atoms with van der Waals surface area (Å²) in [4.78, 5) is 8.88. The number of hydrogen-bond donors (Lipinski definition) is 2. The second-order valence-corrected chi connectivity index (χ2v) is 6.05. The fourth-order valence-corrected chi connectivity index (χ4v) is 2.74. The second kappa shape index (κ2) is 6.39. The van der Waals surface area contributed by atoms with Gasteiger partial charge in [0.05, 0.1) is 11.1 Å². The predicted molar refractivity (Wildman–Crippen MR) is 96.6 cm³/mol. The van der Waals surface area contributed by atoms with Crippen LogP contribution in [0.2, 0.25) is 0 Å². The average Bonchev–Trinajstić information content (AvgIpc) is 3.06. The highest BCUT2D eigenvalue weighted by Gasteiger charge is 2.30. The third-order valence-corrected chi connectivity index (χ3v) is 4.00. The zero-order chi connectivity index (χ0) is 19.0. The first-order chi connectivity index (χ1) is 12.9. The summed E-state index contributed by atoms with van der Waals surface area (Å²) in [6.45, 7) is 1.87. The molecule has 0 bridgehead atoms. The number of halogens is 3. The molecular formula is C19H14F3N5. The van der Waals surface area contributed by atoms with Crippen LogP contribution in [-0.2, 0) is 6.18 Å². The molecule has 0 spiro atoms. The van der Waals surface area contributed by atoms with Crippen LogP contribution in [0.15, 0.2) is 54.6 Å². The van der Waals surface area contributed by atoms with Gasteiger partial charge in [0.15, 0.2) is 11.6 Å². The van der Waals surface area contributed by atoms with Crippen LogP contribution in [0.1, 0.15) is 11.3 Å². The van der Waals surface area contributed by atoms with E-state index in [2.05, 4.69) is 25.5 Å². The molecule has 0 fully saturated rings. The van der Waals surface area contributed by atoms with Crippen LogP contribution in [0, 0.1) is 6.92 Å². The van der Waals surface area contributed by atoms with Crippen molar-refractivity contribution >= 4 is 22.5 Å². The smallest absolute Gasteiger partial charge is 0.323 e. The van der Waals surface area contributed by atoms with Gasteiger partial charge in [-0.05, 0) is 31.2 Å². The lowest BCUT2D eigenvalue weighted by Gasteiger charge is -2.11. The summed E-state index contributed by atoms with van der Waals surface area (Å²) >= 11 is 0. The number of nitrogens with one attached hydrogen (secondary N) is 2. The van der Waals surface area contributed by atoms with Gasteiger partial charge in [0.25, 0.3) is 0 Å². The van der Waals surface area contributed by atoms with E-state index in [0.717, 1.165) is 23.2 Å². The first-order valence-corrected chi connectivity index (χ1v) is 8.13. The maximum absolute atomic E-state index is 13.0. The van der Waals surface area contributed by atoms with Crippen molar-refractivity contribution in [2.75, 3.05) is 5.32 Å². The number of aryl methyl sites for hydroxylation is 1. The monoisotopic (exact) mass is 369 g/mol. The number of alkyl halides is 3. The van der Waals surface area contributed by atoms with E-state index in [-0.39, 0.29) is 11.4 Å². The van der Waals surface area contributed by atoms with Crippen LogP contribution in [0.3, 0.4) is 0 Å². The first-order valence-electron chi connectivity index (χ1n) is 8.13. The third-order valence-electron chi connectivity index (χ3n) is 4.00. The van der Waals surface area contributed by atoms with Crippen molar-refractivity contribution in [2.45, 2.75) is 13.1 Å². The number of rotatable bonds is 3. The van der Waals surface area contributed by atoms with Crippen molar-refractivity contribution in [3.05, 3.63) is 65.9 Å². The number of fused-ring (bicyclic) bond motifs is 1. The molecule has 2 N–H and O–H groups in total. The Bertz CT molecular complexity index is 1120. The van der Waals surface area contributed by atoms with Gasteiger partial charge in [-0.1, -0.05) is 24.3 Å². The van der Waals surface area contributed by atoms with Crippen molar-refractivity contribution in [3.63, 3.8) is 0 Å². The molecule has 0 saturated heterocycles. The number of aromatic amines is 1. The molecule has 2 heterocycles. The summed E-state index contributed by atoms with van der Waals surface area (Å²) in [6.07, 6.45) is -4.43. The minimum Gasteiger partial charge on any atom is -0.323 e. The molecule has 4 aromatic rings. The average molecular weight is 369 g/mol. The first kappa shape index (κ1) is 17.0. The van der Waals surface area contributed by atoms with E-state index in [1.54, 1.807) is 18.2 Å². The van der Waals surface area contributed by atoms with Crippen LogP contribution in [0.4, 0.5) is 24.8 Å². The lowest BCUT2D eigenvalue weighted by Crippen LogP contribution is -2.05. The molecule has 0 amide bonds. The van der Waals surface area contributed by atoms with Gasteiger partial charge in [-0.3, -0.25) is 5.10 Å². The highest BCUT2D eigenvalue weighted by atomic mass is 19.4. The van der Waals surface area contributed by atoms with Crippen LogP contribution in [-0.4, -0.2) is 20.2 Å². The lowest BCUT2D eigenvalue weighted by molar-refractivity contribution is -0.137. The lowest BCUT2D eigenvalue weighted by atomic mass is 10.1. The molecule has 27 heavy (non-hydrogen) atoms. The Morgan fingerprint density at radius 2 is 1.78 bits per heavy atom. The van der Waals surface area contributed by atoms with E-state index in [9.17, 15) is 13.2 Å². The van der Waals surface area contributed by atoms with Crippen molar-refractivity contribution in [2.24, 2.45) is 0 Å². The van der Waals surface area contributed by atoms with Gasteiger partial charge >= 0.3 is 6.18 Å². The van der Waals surface area contributed by atoms with E-state index in [1.165, 1.54) is 6.07 Å². The second-order valence-electron chi connectivity index (χ2n) is 6.05. The Morgan fingerprint density at radius 1 is 0.963 bits per heavy atom. The normalized spacial score (nSPS) is 11.7. The fourth-order valence-electron chi connectivity index (χ4n) is 2.74. The van der Waals surface area contributed by atoms with E-state index in [4.69, 9.17) is 0 Å². The van der Waals surface area contributed by atoms with Crippen molar-refractivity contribution < 1.29 is 13.2 Å². The summed E-state index contributed by atoms with van der Waals surface area (Å²) in [6, 6.07) is 14.1. The van der Waals surface area contributed by atoms with Crippen molar-refractivity contribution in [1.82, 2.24) is 20.2 Å². The number of benzene rings is 2. The molecule has 0 aliphatic carbocycles. The van der Waals surface area contributed by atoms with Gasteiger partial charge in [-0.25, -0.2) is 9.97 Å². The summed E-state index contributed by atoms with van der Waals surface area (Å²) in [5.41, 5.74) is 1.04. The highest BCUT2D eigenvalue weighted by Crippen LogP contribution is 2.32. The molecule has 2 aromatic heterocycles. The Labute approximate surface area is 152 Å². The van der Waals surface area contributed by atoms with Crippen molar-refractivity contribution in [3.8, 4) is 11.4 Å². The molecule has 0 atom stereocenters. The van der Waals surface area contributed by atoms with Crippen LogP contribution in [0.5, 0.6) is 0 Å². The number of hydrogen-bond acceptors (Lipinski definition) is 4. The minimum atomic E-state index is -4.43. The summed E-state index contributed by atoms with van der Waals surface area (Å²) in [5, 5.41) is 10.8. The van der Waals surface area contributed by atoms with Gasteiger partial charge in [0.1, 0.15) is 5.82 Å². The molecule has 0 aliphatic heterocycles. The Morgan fingerprint density at radius 3 is 2.52 bits per heavy atom. The third kappa shape index (κ3) is 3.46. The van der Waals surface area contributed by atoms with E-state index < -0.39 is 11.7 Å². The number of H-pyrrole nitrogens is 1. The largest absolute Gasteiger partial charge is 0.416 e. The van der Waals surface area contributed by atoms with Gasteiger partial charge in [-0.2, -0.15) is 18.3 Å². The standard InChI is InChI=1S/C19H14F3N5/c1-11-9-16(27-26-11)24-18-14-7-2-3-8-15(14)23-17(25-18)12-5-4-6-13(10-12)19(20,21)22/h2-10H,1H3,(H2,23,24,25,26,27). The minimum absolute atomic E-state index is 0.203. The van der Waals surface area contributed by atoms with Crippen LogP contribution >= 0.6 is 0 Å². The molecule has 8 heteroatoms. The molecule has 2 aromatic carbocycles. The molecule has 4 rings (SSSR count). The molecule has 0 unspecified atom stereocenters. The summed E-state index contributed by atoms with van der Waals surface area (Å²) in [5.74, 6) is 1.24. The Kier molecular flexibility index (Phi) is 4.02. The maximum Gasteiger partial charge on any atom is 0.416 e. The molecule has 136 valence electrons. The SMILES string of the molecule is Cc1cc(Nc2nc(-c3cccc(C(F)(F)F)c3)nc3ccccc23)n[nH]1. The molecule has 0 aliphatic rings. The van der Waals surface area contributed by atoms with Crippen LogP contribution in [0.25, 0.3) is 22.3 Å².